The van der Waals surface area contributed by atoms with Crippen molar-refractivity contribution in [3.05, 3.63) is 59.8 Å². The van der Waals surface area contributed by atoms with Crippen LogP contribution < -0.4 is 5.32 Å². The number of aromatic nitrogens is 2. The topological polar surface area (TPSA) is 70.9 Å². The number of amides is 1. The number of benzene rings is 2. The summed E-state index contributed by atoms with van der Waals surface area (Å²) < 4.78 is 5.23. The fraction of sp³-hybridized carbons (Fsp3) is 0.200. The second kappa shape index (κ2) is 6.09. The smallest absolute Gasteiger partial charge is 0.232 e. The number of para-hydroxylation sites is 1. The maximum atomic E-state index is 12.2. The summed E-state index contributed by atoms with van der Waals surface area (Å²) in [6, 6.07) is 12.3. The lowest BCUT2D eigenvalue weighted by Crippen LogP contribution is -2.14. The fourth-order valence-corrected chi connectivity index (χ4v) is 3.21. The quantitative estimate of drug-likeness (QED) is 0.583. The van der Waals surface area contributed by atoms with Crippen molar-refractivity contribution in [1.29, 1.82) is 0 Å². The van der Waals surface area contributed by atoms with Crippen molar-refractivity contribution in [3.8, 4) is 0 Å². The molecule has 0 spiro atoms. The first-order valence-corrected chi connectivity index (χ1v) is 8.38. The molecule has 0 bridgehead atoms. The van der Waals surface area contributed by atoms with E-state index in [1.807, 2.05) is 25.1 Å². The van der Waals surface area contributed by atoms with Crippen LogP contribution >= 0.6 is 0 Å². The Hall–Kier alpha value is -3.08. The molecule has 4 aromatic rings. The number of hydrogen-bond donors (Lipinski definition) is 2. The van der Waals surface area contributed by atoms with E-state index in [2.05, 4.69) is 40.4 Å². The van der Waals surface area contributed by atoms with Crippen molar-refractivity contribution in [2.75, 3.05) is 5.32 Å². The van der Waals surface area contributed by atoms with Crippen LogP contribution in [0.2, 0.25) is 0 Å². The second-order valence-corrected chi connectivity index (χ2v) is 6.16. The molecule has 2 N–H and O–H groups in total. The number of H-pyrrole nitrogens is 1. The molecule has 1 amide bonds. The number of aryl methyl sites for hydroxylation is 2. The van der Waals surface area contributed by atoms with Gasteiger partial charge in [-0.1, -0.05) is 31.2 Å². The summed E-state index contributed by atoms with van der Waals surface area (Å²) in [5, 5.41) is 5.30. The molecule has 25 heavy (non-hydrogen) atoms. The molecule has 0 radical (unpaired) electrons. The molecule has 0 saturated carbocycles. The molecule has 4 rings (SSSR count). The van der Waals surface area contributed by atoms with Crippen molar-refractivity contribution >= 4 is 33.4 Å². The lowest BCUT2D eigenvalue weighted by Gasteiger charge is -2.04. The van der Waals surface area contributed by atoms with Gasteiger partial charge in [-0.25, -0.2) is 4.98 Å². The van der Waals surface area contributed by atoms with Gasteiger partial charge >= 0.3 is 0 Å². The Morgan fingerprint density at radius 2 is 2.12 bits per heavy atom. The zero-order chi connectivity index (χ0) is 17.4. The van der Waals surface area contributed by atoms with Gasteiger partial charge in [-0.2, -0.15) is 0 Å². The Labute approximate surface area is 145 Å². The van der Waals surface area contributed by atoms with E-state index in [-0.39, 0.29) is 12.3 Å². The molecule has 0 atom stereocenters. The van der Waals surface area contributed by atoms with E-state index in [9.17, 15) is 4.79 Å². The second-order valence-electron chi connectivity index (χ2n) is 6.16. The maximum Gasteiger partial charge on any atom is 0.232 e. The highest BCUT2D eigenvalue weighted by Crippen LogP contribution is 2.29. The summed E-state index contributed by atoms with van der Waals surface area (Å²) in [6.07, 6.45) is 2.51. The molecule has 0 unspecified atom stereocenters. The molecule has 5 heteroatoms. The number of hydrogen-bond acceptors (Lipinski definition) is 3. The number of carbonyl (C=O) groups is 1. The number of oxazole rings is 1. The van der Waals surface area contributed by atoms with E-state index in [0.717, 1.165) is 28.7 Å². The Morgan fingerprint density at radius 3 is 2.88 bits per heavy atom. The van der Waals surface area contributed by atoms with Gasteiger partial charge in [0, 0.05) is 27.5 Å². The Bertz CT molecular complexity index is 1080. The summed E-state index contributed by atoms with van der Waals surface area (Å²) in [5.74, 6) is 0.473. The molecule has 2 aromatic heterocycles. The maximum absolute atomic E-state index is 12.2. The predicted octanol–water partition coefficient (Wildman–Crippen LogP) is 4.36. The third kappa shape index (κ3) is 2.78. The first kappa shape index (κ1) is 15.4. The van der Waals surface area contributed by atoms with Crippen molar-refractivity contribution in [3.63, 3.8) is 0 Å². The number of fused-ring (bicyclic) bond motifs is 3. The van der Waals surface area contributed by atoms with Crippen molar-refractivity contribution in [2.45, 2.75) is 26.7 Å². The van der Waals surface area contributed by atoms with Gasteiger partial charge < -0.3 is 14.7 Å². The van der Waals surface area contributed by atoms with Crippen molar-refractivity contribution < 1.29 is 9.21 Å². The molecule has 0 aliphatic carbocycles. The monoisotopic (exact) mass is 333 g/mol. The molecule has 0 aliphatic rings. The molecule has 2 heterocycles. The van der Waals surface area contributed by atoms with Crippen LogP contribution in [-0.2, 0) is 17.6 Å². The molecule has 2 aromatic carbocycles. The molecular formula is C20H19N3O2. The number of nitrogens with zero attached hydrogens (tertiary/aromatic N) is 1. The van der Waals surface area contributed by atoms with Crippen LogP contribution in [0.25, 0.3) is 21.8 Å². The highest BCUT2D eigenvalue weighted by molar-refractivity contribution is 6.09. The van der Waals surface area contributed by atoms with Gasteiger partial charge in [0.05, 0.1) is 12.1 Å². The summed E-state index contributed by atoms with van der Waals surface area (Å²) >= 11 is 0. The van der Waals surface area contributed by atoms with Crippen LogP contribution in [0.3, 0.4) is 0 Å². The van der Waals surface area contributed by atoms with E-state index in [0.29, 0.717) is 5.76 Å². The first-order chi connectivity index (χ1) is 12.2. The van der Waals surface area contributed by atoms with Gasteiger partial charge in [-0.15, -0.1) is 0 Å². The van der Waals surface area contributed by atoms with E-state index in [1.165, 1.54) is 22.9 Å². The van der Waals surface area contributed by atoms with E-state index < -0.39 is 0 Å². The van der Waals surface area contributed by atoms with Crippen LogP contribution in [0.5, 0.6) is 0 Å². The standard InChI is InChI=1S/C20H19N3O2/c1-3-13-5-4-6-16-15-8-7-14(9-17(15)23-20(13)16)22-19(24)10-18-12(2)21-11-25-18/h4-9,11,23H,3,10H2,1-2H3,(H,22,24). The van der Waals surface area contributed by atoms with Crippen LogP contribution in [0.15, 0.2) is 47.2 Å². The van der Waals surface area contributed by atoms with Crippen LogP contribution in [-0.4, -0.2) is 15.9 Å². The number of rotatable bonds is 4. The Kier molecular flexibility index (Phi) is 3.76. The Morgan fingerprint density at radius 1 is 1.24 bits per heavy atom. The summed E-state index contributed by atoms with van der Waals surface area (Å²) in [4.78, 5) is 19.7. The van der Waals surface area contributed by atoms with Gasteiger partial charge in [0.1, 0.15) is 5.76 Å². The highest BCUT2D eigenvalue weighted by Gasteiger charge is 2.12. The predicted molar refractivity (Wildman–Crippen MR) is 98.8 cm³/mol. The van der Waals surface area contributed by atoms with Crippen molar-refractivity contribution in [1.82, 2.24) is 9.97 Å². The SMILES string of the molecule is CCc1cccc2c1[nH]c1cc(NC(=O)Cc3ocnc3C)ccc12. The zero-order valence-corrected chi connectivity index (χ0v) is 14.2. The molecule has 0 aliphatic heterocycles. The van der Waals surface area contributed by atoms with Gasteiger partial charge in [0.15, 0.2) is 6.39 Å². The highest BCUT2D eigenvalue weighted by atomic mass is 16.3. The minimum absolute atomic E-state index is 0.121. The Balaban J connectivity index is 1.64. The molecule has 0 fully saturated rings. The fourth-order valence-electron chi connectivity index (χ4n) is 3.21. The van der Waals surface area contributed by atoms with E-state index in [1.54, 1.807) is 0 Å². The summed E-state index contributed by atoms with van der Waals surface area (Å²) in [6.45, 7) is 3.98. The third-order valence-electron chi connectivity index (χ3n) is 4.55. The van der Waals surface area contributed by atoms with Crippen LogP contribution in [0, 0.1) is 6.92 Å². The largest absolute Gasteiger partial charge is 0.448 e. The van der Waals surface area contributed by atoms with E-state index in [4.69, 9.17) is 4.42 Å². The number of nitrogens with one attached hydrogen (secondary N) is 2. The summed E-state index contributed by atoms with van der Waals surface area (Å²) in [7, 11) is 0. The minimum atomic E-state index is -0.121. The van der Waals surface area contributed by atoms with Crippen LogP contribution in [0.1, 0.15) is 23.9 Å². The number of anilines is 1. The number of aromatic amines is 1. The van der Waals surface area contributed by atoms with Crippen molar-refractivity contribution in [2.24, 2.45) is 0 Å². The molecule has 126 valence electrons. The third-order valence-corrected chi connectivity index (χ3v) is 4.55. The molecule has 5 nitrogen and oxygen atoms in total. The summed E-state index contributed by atoms with van der Waals surface area (Å²) in [5.41, 5.74) is 4.98. The van der Waals surface area contributed by atoms with Gasteiger partial charge in [-0.05, 0) is 31.0 Å². The van der Waals surface area contributed by atoms with Gasteiger partial charge in [-0.3, -0.25) is 4.79 Å². The average molecular weight is 333 g/mol. The first-order valence-electron chi connectivity index (χ1n) is 8.38. The number of carbonyl (C=O) groups excluding carboxylic acids is 1. The minimum Gasteiger partial charge on any atom is -0.448 e. The van der Waals surface area contributed by atoms with Gasteiger partial charge in [0.25, 0.3) is 0 Å². The molecular weight excluding hydrogens is 314 g/mol. The van der Waals surface area contributed by atoms with Crippen LogP contribution in [0.4, 0.5) is 5.69 Å². The lowest BCUT2D eigenvalue weighted by molar-refractivity contribution is -0.115. The normalized spacial score (nSPS) is 11.3. The average Bonchev–Trinajstić information content (AvgIpc) is 3.17. The van der Waals surface area contributed by atoms with Gasteiger partial charge in [0.2, 0.25) is 5.91 Å². The zero-order valence-electron chi connectivity index (χ0n) is 14.2. The lowest BCUT2D eigenvalue weighted by atomic mass is 10.1. The molecule has 0 saturated heterocycles. The van der Waals surface area contributed by atoms with E-state index >= 15 is 0 Å².